The number of rotatable bonds is 1. The van der Waals surface area contributed by atoms with Crippen molar-refractivity contribution in [2.75, 3.05) is 12.4 Å². The standard InChI is InChI=1S/C15H13N/c1-16-15-10-6-5-9-14(15)12-11-13-7-3-2-4-8-13/h2-10,16H,1H3. The third-order valence-corrected chi connectivity index (χ3v) is 2.31. The van der Waals surface area contributed by atoms with Crippen LogP contribution in [0.1, 0.15) is 11.1 Å². The second kappa shape index (κ2) is 5.04. The minimum absolute atomic E-state index is 1.02. The number of para-hydroxylation sites is 1. The minimum Gasteiger partial charge on any atom is -0.387 e. The van der Waals surface area contributed by atoms with E-state index >= 15 is 0 Å². The summed E-state index contributed by atoms with van der Waals surface area (Å²) in [4.78, 5) is 0. The Morgan fingerprint density at radius 1 is 0.812 bits per heavy atom. The molecule has 1 N–H and O–H groups in total. The largest absolute Gasteiger partial charge is 0.387 e. The molecule has 0 radical (unpaired) electrons. The van der Waals surface area contributed by atoms with Crippen LogP contribution in [-0.2, 0) is 0 Å². The highest BCUT2D eigenvalue weighted by molar-refractivity contribution is 5.59. The Morgan fingerprint density at radius 2 is 1.50 bits per heavy atom. The first-order chi connectivity index (χ1) is 7.90. The molecule has 0 fully saturated rings. The summed E-state index contributed by atoms with van der Waals surface area (Å²) >= 11 is 0. The van der Waals surface area contributed by atoms with Gasteiger partial charge in [0.2, 0.25) is 0 Å². The van der Waals surface area contributed by atoms with E-state index in [9.17, 15) is 0 Å². The molecule has 78 valence electrons. The van der Waals surface area contributed by atoms with Crippen molar-refractivity contribution in [3.8, 4) is 11.8 Å². The molecule has 0 aliphatic rings. The first-order valence-electron chi connectivity index (χ1n) is 5.24. The second-order valence-electron chi connectivity index (χ2n) is 3.41. The van der Waals surface area contributed by atoms with Gasteiger partial charge in [-0.15, -0.1) is 0 Å². The predicted octanol–water partition coefficient (Wildman–Crippen LogP) is 3.13. The molecule has 0 heterocycles. The summed E-state index contributed by atoms with van der Waals surface area (Å²) < 4.78 is 0. The van der Waals surface area contributed by atoms with Gasteiger partial charge < -0.3 is 5.32 Å². The molecule has 0 atom stereocenters. The topological polar surface area (TPSA) is 12.0 Å². The minimum atomic E-state index is 1.02. The van der Waals surface area contributed by atoms with Gasteiger partial charge in [-0.3, -0.25) is 0 Å². The lowest BCUT2D eigenvalue weighted by Crippen LogP contribution is -1.90. The van der Waals surface area contributed by atoms with Crippen LogP contribution in [0, 0.1) is 11.8 Å². The molecule has 2 rings (SSSR count). The van der Waals surface area contributed by atoms with E-state index in [1.807, 2.05) is 61.6 Å². The molecule has 0 amide bonds. The van der Waals surface area contributed by atoms with Gasteiger partial charge >= 0.3 is 0 Å². The number of benzene rings is 2. The smallest absolute Gasteiger partial charge is 0.0496 e. The summed E-state index contributed by atoms with van der Waals surface area (Å²) in [6.45, 7) is 0. The lowest BCUT2D eigenvalue weighted by molar-refractivity contribution is 1.49. The summed E-state index contributed by atoms with van der Waals surface area (Å²) in [5, 5.41) is 3.13. The average molecular weight is 207 g/mol. The molecule has 0 aliphatic heterocycles. The van der Waals surface area contributed by atoms with E-state index < -0.39 is 0 Å². The van der Waals surface area contributed by atoms with Crippen molar-refractivity contribution in [1.82, 2.24) is 0 Å². The van der Waals surface area contributed by atoms with Crippen molar-refractivity contribution in [2.45, 2.75) is 0 Å². The van der Waals surface area contributed by atoms with Crippen molar-refractivity contribution in [3.05, 3.63) is 65.7 Å². The zero-order valence-electron chi connectivity index (χ0n) is 9.20. The van der Waals surface area contributed by atoms with E-state index in [0.717, 1.165) is 16.8 Å². The van der Waals surface area contributed by atoms with Crippen LogP contribution in [0.4, 0.5) is 5.69 Å². The molecule has 0 spiro atoms. The number of hydrogen-bond donors (Lipinski definition) is 1. The summed E-state index contributed by atoms with van der Waals surface area (Å²) in [5.74, 6) is 6.31. The molecule has 2 aromatic rings. The van der Waals surface area contributed by atoms with Crippen LogP contribution >= 0.6 is 0 Å². The van der Waals surface area contributed by atoms with Crippen LogP contribution in [0.3, 0.4) is 0 Å². The quantitative estimate of drug-likeness (QED) is 0.708. The van der Waals surface area contributed by atoms with E-state index in [2.05, 4.69) is 17.2 Å². The van der Waals surface area contributed by atoms with Crippen molar-refractivity contribution in [2.24, 2.45) is 0 Å². The van der Waals surface area contributed by atoms with E-state index in [0.29, 0.717) is 0 Å². The molecule has 1 heteroatoms. The van der Waals surface area contributed by atoms with Crippen LogP contribution in [-0.4, -0.2) is 7.05 Å². The van der Waals surface area contributed by atoms with Crippen LogP contribution in [0.2, 0.25) is 0 Å². The monoisotopic (exact) mass is 207 g/mol. The molecule has 1 nitrogen and oxygen atoms in total. The molecule has 16 heavy (non-hydrogen) atoms. The highest BCUT2D eigenvalue weighted by Crippen LogP contribution is 2.12. The zero-order chi connectivity index (χ0) is 11.2. The number of nitrogens with one attached hydrogen (secondary N) is 1. The maximum atomic E-state index is 3.17. The second-order valence-corrected chi connectivity index (χ2v) is 3.41. The fourth-order valence-corrected chi connectivity index (χ4v) is 1.47. The molecular formula is C15H13N. The van der Waals surface area contributed by atoms with Crippen LogP contribution in [0.5, 0.6) is 0 Å². The first kappa shape index (κ1) is 10.3. The van der Waals surface area contributed by atoms with Crippen LogP contribution < -0.4 is 5.32 Å². The van der Waals surface area contributed by atoms with Gasteiger partial charge in [0.05, 0.1) is 0 Å². The van der Waals surface area contributed by atoms with E-state index in [-0.39, 0.29) is 0 Å². The van der Waals surface area contributed by atoms with Gasteiger partial charge in [0.1, 0.15) is 0 Å². The normalized spacial score (nSPS) is 9.06. The molecule has 0 aliphatic carbocycles. The predicted molar refractivity (Wildman–Crippen MR) is 68.4 cm³/mol. The van der Waals surface area contributed by atoms with Crippen LogP contribution in [0.15, 0.2) is 54.6 Å². The molecule has 0 saturated carbocycles. The first-order valence-corrected chi connectivity index (χ1v) is 5.24. The molecule has 0 aromatic heterocycles. The number of anilines is 1. The fraction of sp³-hybridized carbons (Fsp3) is 0.0667. The van der Waals surface area contributed by atoms with Gasteiger partial charge in [0.25, 0.3) is 0 Å². The Kier molecular flexibility index (Phi) is 3.25. The molecule has 0 bridgehead atoms. The summed E-state index contributed by atoms with van der Waals surface area (Å²) in [6.07, 6.45) is 0. The Morgan fingerprint density at radius 3 is 2.25 bits per heavy atom. The number of hydrogen-bond acceptors (Lipinski definition) is 1. The van der Waals surface area contributed by atoms with Gasteiger partial charge in [-0.25, -0.2) is 0 Å². The van der Waals surface area contributed by atoms with E-state index in [4.69, 9.17) is 0 Å². The van der Waals surface area contributed by atoms with Crippen molar-refractivity contribution >= 4 is 5.69 Å². The van der Waals surface area contributed by atoms with Crippen LogP contribution in [0.25, 0.3) is 0 Å². The zero-order valence-corrected chi connectivity index (χ0v) is 9.20. The third-order valence-electron chi connectivity index (χ3n) is 2.31. The van der Waals surface area contributed by atoms with Crippen molar-refractivity contribution in [3.63, 3.8) is 0 Å². The highest BCUT2D eigenvalue weighted by atomic mass is 14.8. The molecule has 2 aromatic carbocycles. The fourth-order valence-electron chi connectivity index (χ4n) is 1.47. The SMILES string of the molecule is CNc1ccccc1C#Cc1ccccc1. The van der Waals surface area contributed by atoms with E-state index in [1.165, 1.54) is 0 Å². The Balaban J connectivity index is 2.31. The molecule has 0 unspecified atom stereocenters. The summed E-state index contributed by atoms with van der Waals surface area (Å²) in [7, 11) is 1.91. The highest BCUT2D eigenvalue weighted by Gasteiger charge is 1.93. The maximum absolute atomic E-state index is 3.17. The summed E-state index contributed by atoms with van der Waals surface area (Å²) in [5.41, 5.74) is 3.12. The average Bonchev–Trinajstić information content (AvgIpc) is 2.38. The van der Waals surface area contributed by atoms with Crippen molar-refractivity contribution in [1.29, 1.82) is 0 Å². The van der Waals surface area contributed by atoms with Crippen molar-refractivity contribution < 1.29 is 0 Å². The van der Waals surface area contributed by atoms with Gasteiger partial charge in [0.15, 0.2) is 0 Å². The Hall–Kier alpha value is -2.20. The molecular weight excluding hydrogens is 194 g/mol. The van der Waals surface area contributed by atoms with E-state index in [1.54, 1.807) is 0 Å². The maximum Gasteiger partial charge on any atom is 0.0496 e. The van der Waals surface area contributed by atoms with Gasteiger partial charge in [-0.2, -0.15) is 0 Å². The lowest BCUT2D eigenvalue weighted by atomic mass is 10.1. The van der Waals surface area contributed by atoms with Gasteiger partial charge in [0, 0.05) is 23.9 Å². The van der Waals surface area contributed by atoms with Gasteiger partial charge in [-0.05, 0) is 24.3 Å². The molecule has 0 saturated heterocycles. The third kappa shape index (κ3) is 2.43. The Labute approximate surface area is 96.1 Å². The summed E-state index contributed by atoms with van der Waals surface area (Å²) in [6, 6.07) is 18.0. The lowest BCUT2D eigenvalue weighted by Gasteiger charge is -2.01. The van der Waals surface area contributed by atoms with Gasteiger partial charge in [-0.1, -0.05) is 42.2 Å². The Bertz CT molecular complexity index is 518.